The molecule has 0 aliphatic carbocycles. The molecular formula is C13H11FIN5. The van der Waals surface area contributed by atoms with E-state index in [0.717, 1.165) is 5.69 Å². The number of benzene rings is 1. The van der Waals surface area contributed by atoms with Crippen molar-refractivity contribution >= 4 is 39.6 Å². The predicted octanol–water partition coefficient (Wildman–Crippen LogP) is 2.51. The number of nitrogens with zero attached hydrogens (tertiary/aromatic N) is 4. The lowest BCUT2D eigenvalue weighted by atomic mass is 10.3. The number of nitrogen functional groups attached to an aromatic ring is 1. The second-order valence-electron chi connectivity index (χ2n) is 4.41. The maximum atomic E-state index is 13.7. The standard InChI is InChI=1S/C13H11FIN5/c1-7-17-3-2-8(18-7)6-20-12-4-9(14)10(15)5-11(12)19-13(20)16/h2-5H,6H2,1H3,(H2,16,19). The van der Waals surface area contributed by atoms with Gasteiger partial charge in [0.05, 0.1) is 26.8 Å². The fourth-order valence-electron chi connectivity index (χ4n) is 2.06. The van der Waals surface area contributed by atoms with Crippen LogP contribution in [0.3, 0.4) is 0 Å². The number of aryl methyl sites for hydroxylation is 1. The van der Waals surface area contributed by atoms with E-state index in [0.29, 0.717) is 32.9 Å². The van der Waals surface area contributed by atoms with E-state index in [9.17, 15) is 4.39 Å². The summed E-state index contributed by atoms with van der Waals surface area (Å²) in [5.41, 5.74) is 8.07. The summed E-state index contributed by atoms with van der Waals surface area (Å²) in [4.78, 5) is 12.6. The first-order chi connectivity index (χ1) is 9.54. The van der Waals surface area contributed by atoms with Crippen molar-refractivity contribution in [1.82, 2.24) is 19.5 Å². The fourth-order valence-corrected chi connectivity index (χ4v) is 2.51. The van der Waals surface area contributed by atoms with Gasteiger partial charge in [0.1, 0.15) is 11.6 Å². The summed E-state index contributed by atoms with van der Waals surface area (Å²) < 4.78 is 16.0. The zero-order valence-electron chi connectivity index (χ0n) is 10.6. The van der Waals surface area contributed by atoms with Gasteiger partial charge in [0, 0.05) is 12.3 Å². The molecule has 2 aromatic heterocycles. The van der Waals surface area contributed by atoms with E-state index in [2.05, 4.69) is 15.0 Å². The molecule has 0 bridgehead atoms. The summed E-state index contributed by atoms with van der Waals surface area (Å²) in [6.07, 6.45) is 1.69. The Labute approximate surface area is 128 Å². The first-order valence-corrected chi connectivity index (χ1v) is 7.02. The smallest absolute Gasteiger partial charge is 0.201 e. The van der Waals surface area contributed by atoms with E-state index < -0.39 is 0 Å². The minimum absolute atomic E-state index is 0.280. The van der Waals surface area contributed by atoms with E-state index in [1.54, 1.807) is 22.9 Å². The van der Waals surface area contributed by atoms with Crippen molar-refractivity contribution in [3.05, 3.63) is 45.3 Å². The van der Waals surface area contributed by atoms with Crippen molar-refractivity contribution in [3.63, 3.8) is 0 Å². The van der Waals surface area contributed by atoms with Gasteiger partial charge in [0.2, 0.25) is 5.95 Å². The summed E-state index contributed by atoms with van der Waals surface area (Å²) in [5.74, 6) is 0.752. The zero-order valence-corrected chi connectivity index (χ0v) is 12.8. The number of anilines is 1. The summed E-state index contributed by atoms with van der Waals surface area (Å²) >= 11 is 1.94. The summed E-state index contributed by atoms with van der Waals surface area (Å²) in [7, 11) is 0. The molecule has 3 rings (SSSR count). The van der Waals surface area contributed by atoms with Crippen LogP contribution in [0.4, 0.5) is 10.3 Å². The molecule has 0 saturated heterocycles. The molecule has 0 fully saturated rings. The quantitative estimate of drug-likeness (QED) is 0.691. The van der Waals surface area contributed by atoms with Gasteiger partial charge in [0.15, 0.2) is 0 Å². The van der Waals surface area contributed by atoms with Gasteiger partial charge in [-0.15, -0.1) is 0 Å². The number of hydrogen-bond donors (Lipinski definition) is 1. The molecule has 0 saturated carbocycles. The molecule has 0 aliphatic heterocycles. The Morgan fingerprint density at radius 2 is 2.15 bits per heavy atom. The van der Waals surface area contributed by atoms with E-state index in [-0.39, 0.29) is 5.82 Å². The zero-order chi connectivity index (χ0) is 14.3. The van der Waals surface area contributed by atoms with E-state index in [4.69, 9.17) is 5.73 Å². The van der Waals surface area contributed by atoms with E-state index >= 15 is 0 Å². The molecule has 0 aliphatic rings. The van der Waals surface area contributed by atoms with Gasteiger partial charge in [-0.05, 0) is 41.6 Å². The Hall–Kier alpha value is -1.77. The molecule has 2 N–H and O–H groups in total. The minimum atomic E-state index is -0.280. The number of imidazole rings is 1. The van der Waals surface area contributed by atoms with Crippen LogP contribution >= 0.6 is 22.6 Å². The Kier molecular flexibility index (Phi) is 3.28. The number of fused-ring (bicyclic) bond motifs is 1. The maximum Gasteiger partial charge on any atom is 0.201 e. The van der Waals surface area contributed by atoms with E-state index in [1.165, 1.54) is 6.07 Å². The molecule has 0 radical (unpaired) electrons. The second-order valence-corrected chi connectivity index (χ2v) is 5.57. The number of aromatic nitrogens is 4. The van der Waals surface area contributed by atoms with Crippen molar-refractivity contribution in [2.45, 2.75) is 13.5 Å². The minimum Gasteiger partial charge on any atom is -0.369 e. The molecule has 2 heterocycles. The van der Waals surface area contributed by atoms with E-state index in [1.807, 2.05) is 29.5 Å². The molecule has 0 amide bonds. The van der Waals surface area contributed by atoms with Crippen LogP contribution in [-0.2, 0) is 6.54 Å². The van der Waals surface area contributed by atoms with Crippen molar-refractivity contribution in [3.8, 4) is 0 Å². The normalized spacial score (nSPS) is 11.2. The van der Waals surface area contributed by atoms with Gasteiger partial charge >= 0.3 is 0 Å². The third-order valence-corrected chi connectivity index (χ3v) is 3.80. The summed E-state index contributed by atoms with van der Waals surface area (Å²) in [6, 6.07) is 4.94. The monoisotopic (exact) mass is 383 g/mol. The SMILES string of the molecule is Cc1nccc(Cn2c(N)nc3cc(I)c(F)cc32)n1. The van der Waals surface area contributed by atoms with Crippen molar-refractivity contribution in [2.24, 2.45) is 0 Å². The first-order valence-electron chi connectivity index (χ1n) is 5.94. The average Bonchev–Trinajstić information content (AvgIpc) is 2.67. The Morgan fingerprint density at radius 1 is 1.35 bits per heavy atom. The maximum absolute atomic E-state index is 13.7. The van der Waals surface area contributed by atoms with Gasteiger partial charge in [0.25, 0.3) is 0 Å². The third kappa shape index (κ3) is 2.33. The van der Waals surface area contributed by atoms with Gasteiger partial charge in [-0.25, -0.2) is 19.3 Å². The Morgan fingerprint density at radius 3 is 2.90 bits per heavy atom. The molecule has 5 nitrogen and oxygen atoms in total. The molecular weight excluding hydrogens is 372 g/mol. The van der Waals surface area contributed by atoms with Crippen molar-refractivity contribution in [1.29, 1.82) is 0 Å². The van der Waals surface area contributed by atoms with Gasteiger partial charge in [-0.3, -0.25) is 0 Å². The molecule has 102 valence electrons. The molecule has 7 heteroatoms. The lowest BCUT2D eigenvalue weighted by molar-refractivity contribution is 0.621. The predicted molar refractivity (Wildman–Crippen MR) is 82.7 cm³/mol. The highest BCUT2D eigenvalue weighted by Crippen LogP contribution is 2.23. The van der Waals surface area contributed by atoms with Crippen molar-refractivity contribution < 1.29 is 4.39 Å². The highest BCUT2D eigenvalue weighted by atomic mass is 127. The second kappa shape index (κ2) is 4.97. The van der Waals surface area contributed by atoms with Crippen LogP contribution in [0.1, 0.15) is 11.5 Å². The Balaban J connectivity index is 2.11. The molecule has 3 aromatic rings. The van der Waals surface area contributed by atoms with Crippen LogP contribution in [-0.4, -0.2) is 19.5 Å². The van der Waals surface area contributed by atoms with Crippen LogP contribution in [0.5, 0.6) is 0 Å². The summed E-state index contributed by atoms with van der Waals surface area (Å²) in [5, 5.41) is 0. The van der Waals surface area contributed by atoms with Crippen LogP contribution in [0.2, 0.25) is 0 Å². The third-order valence-electron chi connectivity index (χ3n) is 2.97. The lowest BCUT2D eigenvalue weighted by Crippen LogP contribution is -2.07. The highest BCUT2D eigenvalue weighted by molar-refractivity contribution is 14.1. The number of halogens is 2. The highest BCUT2D eigenvalue weighted by Gasteiger charge is 2.12. The van der Waals surface area contributed by atoms with Gasteiger partial charge in [-0.1, -0.05) is 0 Å². The largest absolute Gasteiger partial charge is 0.369 e. The van der Waals surface area contributed by atoms with Crippen LogP contribution in [0.25, 0.3) is 11.0 Å². The van der Waals surface area contributed by atoms with Crippen molar-refractivity contribution in [2.75, 3.05) is 5.73 Å². The molecule has 0 atom stereocenters. The molecule has 1 aromatic carbocycles. The number of hydrogen-bond acceptors (Lipinski definition) is 4. The first kappa shape index (κ1) is 13.2. The van der Waals surface area contributed by atoms with Gasteiger partial charge in [-0.2, -0.15) is 0 Å². The molecule has 0 unspecified atom stereocenters. The lowest BCUT2D eigenvalue weighted by Gasteiger charge is -2.06. The number of rotatable bonds is 2. The summed E-state index contributed by atoms with van der Waals surface area (Å²) in [6.45, 7) is 2.26. The average molecular weight is 383 g/mol. The fraction of sp³-hybridized carbons (Fsp3) is 0.154. The van der Waals surface area contributed by atoms with Crippen LogP contribution < -0.4 is 5.73 Å². The van der Waals surface area contributed by atoms with Crippen LogP contribution in [0, 0.1) is 16.3 Å². The Bertz CT molecular complexity index is 799. The number of nitrogens with two attached hydrogens (primary N) is 1. The van der Waals surface area contributed by atoms with Crippen LogP contribution in [0.15, 0.2) is 24.4 Å². The van der Waals surface area contributed by atoms with Gasteiger partial charge < -0.3 is 10.3 Å². The topological polar surface area (TPSA) is 69.6 Å². The molecule has 20 heavy (non-hydrogen) atoms. The molecule has 0 spiro atoms.